The predicted molar refractivity (Wildman–Crippen MR) is 139 cm³/mol. The maximum atomic E-state index is 15.0. The zero-order valence-corrected chi connectivity index (χ0v) is 20.5. The van der Waals surface area contributed by atoms with Crippen molar-refractivity contribution in [1.82, 2.24) is 24.6 Å². The number of benzene rings is 2. The lowest BCUT2D eigenvalue weighted by Crippen LogP contribution is -2.35. The molecule has 1 aliphatic heterocycles. The maximum absolute atomic E-state index is 15.0. The van der Waals surface area contributed by atoms with E-state index in [9.17, 15) is 9.18 Å². The Morgan fingerprint density at radius 1 is 1.05 bits per heavy atom. The van der Waals surface area contributed by atoms with E-state index in [2.05, 4.69) is 30.6 Å². The first-order valence-corrected chi connectivity index (χ1v) is 12.4. The Labute approximate surface area is 216 Å². The van der Waals surface area contributed by atoms with Crippen molar-refractivity contribution < 1.29 is 18.3 Å². The zero-order chi connectivity index (χ0) is 26.2. The number of halogens is 2. The van der Waals surface area contributed by atoms with Gasteiger partial charge in [0.05, 0.1) is 30.3 Å². The number of carbonyl (C=O) groups excluding carboxylic acids is 1. The average Bonchev–Trinajstić information content (AvgIpc) is 3.67. The first kappa shape index (κ1) is 24.2. The van der Waals surface area contributed by atoms with E-state index >= 15 is 4.39 Å². The quantitative estimate of drug-likeness (QED) is 0.349. The van der Waals surface area contributed by atoms with E-state index in [1.807, 2.05) is 4.68 Å². The molecule has 12 heteroatoms. The van der Waals surface area contributed by atoms with Crippen LogP contribution in [0.2, 0.25) is 0 Å². The van der Waals surface area contributed by atoms with Gasteiger partial charge >= 0.3 is 6.03 Å². The van der Waals surface area contributed by atoms with Crippen molar-refractivity contribution in [2.75, 3.05) is 42.7 Å². The third kappa shape index (κ3) is 4.87. The molecule has 1 saturated carbocycles. The van der Waals surface area contributed by atoms with Crippen LogP contribution in [0.15, 0.2) is 42.7 Å². The number of fused-ring (bicyclic) bond motifs is 1. The summed E-state index contributed by atoms with van der Waals surface area (Å²) in [4.78, 5) is 23.0. The van der Waals surface area contributed by atoms with Gasteiger partial charge in [0, 0.05) is 36.4 Å². The molecule has 0 unspecified atom stereocenters. The topological polar surface area (TPSA) is 123 Å². The van der Waals surface area contributed by atoms with Gasteiger partial charge in [-0.1, -0.05) is 12.1 Å². The van der Waals surface area contributed by atoms with Gasteiger partial charge in [0.1, 0.15) is 29.5 Å². The molecule has 0 bridgehead atoms. The van der Waals surface area contributed by atoms with Crippen LogP contribution >= 0.6 is 0 Å². The maximum Gasteiger partial charge on any atom is 0.323 e. The molecule has 2 amide bonds. The number of hydrogen-bond acceptors (Lipinski definition) is 7. The molecule has 2 aromatic carbocycles. The van der Waals surface area contributed by atoms with E-state index in [1.165, 1.54) is 24.5 Å². The van der Waals surface area contributed by atoms with Crippen molar-refractivity contribution >= 4 is 34.3 Å². The fourth-order valence-electron chi connectivity index (χ4n) is 4.57. The summed E-state index contributed by atoms with van der Waals surface area (Å²) in [5.74, 6) is -0.817. The summed E-state index contributed by atoms with van der Waals surface area (Å²) in [6, 6.07) is 8.42. The molecule has 4 aromatic rings. The third-order valence-corrected chi connectivity index (χ3v) is 6.71. The van der Waals surface area contributed by atoms with Crippen molar-refractivity contribution in [2.24, 2.45) is 0 Å². The second kappa shape index (κ2) is 9.95. The summed E-state index contributed by atoms with van der Waals surface area (Å²) in [6.45, 7) is 3.20. The largest absolute Gasteiger partial charge is 0.383 e. The second-order valence-corrected chi connectivity index (χ2v) is 9.45. The molecular formula is C26H26F2N8O2. The highest BCUT2D eigenvalue weighted by Gasteiger charge is 2.29. The van der Waals surface area contributed by atoms with Gasteiger partial charge in [0.2, 0.25) is 0 Å². The number of morpholine rings is 1. The van der Waals surface area contributed by atoms with Crippen LogP contribution in [0.25, 0.3) is 22.3 Å². The molecule has 2 fully saturated rings. The Hall–Kier alpha value is -4.16. The molecule has 1 saturated heterocycles. The highest BCUT2D eigenvalue weighted by molar-refractivity contribution is 6.01. The summed E-state index contributed by atoms with van der Waals surface area (Å²) in [6.07, 6.45) is 3.37. The molecule has 6 rings (SSSR count). The van der Waals surface area contributed by atoms with E-state index in [0.717, 1.165) is 25.9 Å². The van der Waals surface area contributed by atoms with Gasteiger partial charge in [-0.05, 0) is 37.1 Å². The number of anilines is 3. The molecular weight excluding hydrogens is 494 g/mol. The smallest absolute Gasteiger partial charge is 0.323 e. The third-order valence-electron chi connectivity index (χ3n) is 6.71. The molecule has 2 aliphatic rings. The van der Waals surface area contributed by atoms with Crippen LogP contribution < -0.4 is 16.4 Å². The minimum absolute atomic E-state index is 0.0363. The minimum Gasteiger partial charge on any atom is -0.383 e. The molecule has 0 spiro atoms. The molecule has 0 atom stereocenters. The number of rotatable bonds is 6. The molecule has 2 aromatic heterocycles. The van der Waals surface area contributed by atoms with Gasteiger partial charge in [0.15, 0.2) is 5.65 Å². The standard InChI is InChI=1S/C26H26F2N8O2/c27-19-12-17(3-1-16(19)13-35-7-9-38-10-8-35)32-26(37)33-21-6-2-15(11-20(21)28)23-22-24(29)30-14-31-25(22)36(34-23)18-4-5-18/h1-3,6,11-12,14,18H,4-5,7-10,13H2,(H2,29,30,31)(H2,32,33,37). The lowest BCUT2D eigenvalue weighted by molar-refractivity contribution is 0.0337. The number of aromatic nitrogens is 4. The fourth-order valence-corrected chi connectivity index (χ4v) is 4.57. The van der Waals surface area contributed by atoms with Crippen molar-refractivity contribution in [3.05, 3.63) is 59.9 Å². The van der Waals surface area contributed by atoms with Crippen LogP contribution in [0.1, 0.15) is 24.4 Å². The van der Waals surface area contributed by atoms with Gasteiger partial charge in [-0.2, -0.15) is 5.10 Å². The second-order valence-electron chi connectivity index (χ2n) is 9.45. The molecule has 10 nitrogen and oxygen atoms in total. The summed E-state index contributed by atoms with van der Waals surface area (Å²) >= 11 is 0. The number of urea groups is 1. The summed E-state index contributed by atoms with van der Waals surface area (Å²) in [5.41, 5.74) is 8.43. The van der Waals surface area contributed by atoms with Crippen LogP contribution in [0.4, 0.5) is 30.8 Å². The Kier molecular flexibility index (Phi) is 6.34. The normalized spacial score (nSPS) is 16.1. The van der Waals surface area contributed by atoms with Crippen LogP contribution in [0.3, 0.4) is 0 Å². The van der Waals surface area contributed by atoms with E-state index in [0.29, 0.717) is 47.6 Å². The first-order valence-electron chi connectivity index (χ1n) is 12.4. The number of carbonyl (C=O) groups is 1. The monoisotopic (exact) mass is 520 g/mol. The Bertz CT molecular complexity index is 1510. The number of amides is 2. The highest BCUT2D eigenvalue weighted by atomic mass is 19.1. The number of nitrogens with two attached hydrogens (primary N) is 1. The van der Waals surface area contributed by atoms with E-state index in [-0.39, 0.29) is 23.2 Å². The number of nitrogens with zero attached hydrogens (tertiary/aromatic N) is 5. The molecule has 38 heavy (non-hydrogen) atoms. The SMILES string of the molecule is Nc1ncnc2c1c(-c1ccc(NC(=O)Nc3ccc(CN4CCOCC4)c(F)c3)c(F)c1)nn2C1CC1. The molecule has 1 aliphatic carbocycles. The van der Waals surface area contributed by atoms with Crippen LogP contribution in [0.5, 0.6) is 0 Å². The Morgan fingerprint density at radius 2 is 1.87 bits per heavy atom. The highest BCUT2D eigenvalue weighted by Crippen LogP contribution is 2.40. The van der Waals surface area contributed by atoms with Crippen molar-refractivity contribution in [3.8, 4) is 11.3 Å². The first-order chi connectivity index (χ1) is 18.5. The minimum atomic E-state index is -0.696. The lowest BCUT2D eigenvalue weighted by atomic mass is 10.1. The van der Waals surface area contributed by atoms with Gasteiger partial charge < -0.3 is 21.1 Å². The summed E-state index contributed by atoms with van der Waals surface area (Å²) < 4.78 is 36.8. The van der Waals surface area contributed by atoms with E-state index in [4.69, 9.17) is 10.5 Å². The fraction of sp³-hybridized carbons (Fsp3) is 0.308. The average molecular weight is 521 g/mol. The summed E-state index contributed by atoms with van der Waals surface area (Å²) in [7, 11) is 0. The van der Waals surface area contributed by atoms with Crippen LogP contribution in [0, 0.1) is 11.6 Å². The van der Waals surface area contributed by atoms with Crippen molar-refractivity contribution in [1.29, 1.82) is 0 Å². The molecule has 3 heterocycles. The number of nitrogens with one attached hydrogen (secondary N) is 2. The van der Waals surface area contributed by atoms with Gasteiger partial charge in [-0.15, -0.1) is 0 Å². The van der Waals surface area contributed by atoms with E-state index < -0.39 is 17.7 Å². The lowest BCUT2D eigenvalue weighted by Gasteiger charge is -2.26. The number of hydrogen-bond donors (Lipinski definition) is 3. The van der Waals surface area contributed by atoms with Crippen molar-refractivity contribution in [3.63, 3.8) is 0 Å². The molecule has 4 N–H and O–H groups in total. The number of nitrogen functional groups attached to an aromatic ring is 1. The molecule has 196 valence electrons. The van der Waals surface area contributed by atoms with E-state index in [1.54, 1.807) is 18.2 Å². The zero-order valence-electron chi connectivity index (χ0n) is 20.5. The van der Waals surface area contributed by atoms with Gasteiger partial charge in [-0.25, -0.2) is 28.2 Å². The summed E-state index contributed by atoms with van der Waals surface area (Å²) in [5, 5.41) is 10.2. The predicted octanol–water partition coefficient (Wildman–Crippen LogP) is 4.16. The van der Waals surface area contributed by atoms with Crippen LogP contribution in [-0.4, -0.2) is 57.0 Å². The van der Waals surface area contributed by atoms with Gasteiger partial charge in [-0.3, -0.25) is 4.90 Å². The Balaban J connectivity index is 1.16. The molecule has 0 radical (unpaired) electrons. The Morgan fingerprint density at radius 3 is 2.61 bits per heavy atom. The van der Waals surface area contributed by atoms with Crippen LogP contribution in [-0.2, 0) is 11.3 Å². The number of ether oxygens (including phenoxy) is 1. The van der Waals surface area contributed by atoms with Gasteiger partial charge in [0.25, 0.3) is 0 Å². The van der Waals surface area contributed by atoms with Crippen molar-refractivity contribution in [2.45, 2.75) is 25.4 Å².